The third-order valence-electron chi connectivity index (χ3n) is 2.21. The van der Waals surface area contributed by atoms with Gasteiger partial charge in [0.15, 0.2) is 0 Å². The molecule has 1 aliphatic heterocycles. The van der Waals surface area contributed by atoms with Crippen LogP contribution < -0.4 is 10.6 Å². The van der Waals surface area contributed by atoms with E-state index in [1.54, 1.807) is 12.1 Å². The summed E-state index contributed by atoms with van der Waals surface area (Å²) >= 11 is 5.32. The standard InChI is InChI=1S/C10H10N2O2S2/c11-6-1-2-8-7(3-6)12(9(13)4-15)10(14)5-16-8/h1-3,15H,4-5,11H2. The molecule has 0 saturated heterocycles. The van der Waals surface area contributed by atoms with Gasteiger partial charge in [-0.25, -0.2) is 4.90 Å². The Hall–Kier alpha value is -1.14. The number of rotatable bonds is 1. The Kier molecular flexibility index (Phi) is 3.11. The molecule has 0 atom stereocenters. The Labute approximate surface area is 103 Å². The highest BCUT2D eigenvalue weighted by molar-refractivity contribution is 8.00. The second-order valence-electron chi connectivity index (χ2n) is 3.30. The maximum absolute atomic E-state index is 11.7. The van der Waals surface area contributed by atoms with Crippen LogP contribution in [0.25, 0.3) is 0 Å². The highest BCUT2D eigenvalue weighted by Crippen LogP contribution is 2.36. The number of nitrogens with zero attached hydrogens (tertiary/aromatic N) is 1. The molecule has 16 heavy (non-hydrogen) atoms. The zero-order chi connectivity index (χ0) is 11.7. The quantitative estimate of drug-likeness (QED) is 0.583. The number of thioether (sulfide) groups is 1. The van der Waals surface area contributed by atoms with Crippen molar-refractivity contribution in [2.24, 2.45) is 0 Å². The minimum absolute atomic E-state index is 0.00461. The van der Waals surface area contributed by atoms with Crippen LogP contribution in [-0.2, 0) is 9.59 Å². The summed E-state index contributed by atoms with van der Waals surface area (Å²) in [5.74, 6) is -0.260. The molecule has 2 N–H and O–H groups in total. The summed E-state index contributed by atoms with van der Waals surface area (Å²) < 4.78 is 0. The number of carbonyl (C=O) groups is 2. The average Bonchev–Trinajstić information content (AvgIpc) is 2.28. The number of benzene rings is 1. The molecule has 1 aromatic rings. The van der Waals surface area contributed by atoms with Crippen LogP contribution in [0.1, 0.15) is 0 Å². The number of amides is 2. The molecule has 1 aliphatic rings. The van der Waals surface area contributed by atoms with Crippen molar-refractivity contribution in [3.63, 3.8) is 0 Å². The summed E-state index contributed by atoms with van der Waals surface area (Å²) in [6.45, 7) is 0. The lowest BCUT2D eigenvalue weighted by Gasteiger charge is -2.27. The van der Waals surface area contributed by atoms with Gasteiger partial charge in [0, 0.05) is 10.6 Å². The number of imide groups is 1. The summed E-state index contributed by atoms with van der Waals surface area (Å²) in [6, 6.07) is 5.21. The number of fused-ring (bicyclic) bond motifs is 1. The van der Waals surface area contributed by atoms with Crippen molar-refractivity contribution in [1.29, 1.82) is 0 Å². The van der Waals surface area contributed by atoms with Gasteiger partial charge in [0.25, 0.3) is 0 Å². The maximum atomic E-state index is 11.7. The fraction of sp³-hybridized carbons (Fsp3) is 0.200. The molecule has 0 radical (unpaired) electrons. The van der Waals surface area contributed by atoms with Gasteiger partial charge in [0.05, 0.1) is 17.2 Å². The number of carbonyl (C=O) groups excluding carboxylic acids is 2. The van der Waals surface area contributed by atoms with Crippen molar-refractivity contribution in [2.75, 3.05) is 22.1 Å². The zero-order valence-electron chi connectivity index (χ0n) is 8.34. The van der Waals surface area contributed by atoms with E-state index in [1.165, 1.54) is 11.8 Å². The maximum Gasteiger partial charge on any atom is 0.244 e. The smallest absolute Gasteiger partial charge is 0.244 e. The SMILES string of the molecule is Nc1ccc2c(c1)N(C(=O)CS)C(=O)CS2. The molecule has 2 rings (SSSR count). The number of hydrogen-bond acceptors (Lipinski definition) is 5. The van der Waals surface area contributed by atoms with Crippen molar-refractivity contribution >= 4 is 47.6 Å². The van der Waals surface area contributed by atoms with Gasteiger partial charge in [0.2, 0.25) is 11.8 Å². The van der Waals surface area contributed by atoms with Crippen molar-refractivity contribution in [3.8, 4) is 0 Å². The highest BCUT2D eigenvalue weighted by Gasteiger charge is 2.29. The summed E-state index contributed by atoms with van der Waals surface area (Å²) in [6.07, 6.45) is 0. The first-order valence-corrected chi connectivity index (χ1v) is 6.24. The molecule has 2 amide bonds. The first kappa shape index (κ1) is 11.3. The molecular formula is C10H10N2O2S2. The van der Waals surface area contributed by atoms with Crippen LogP contribution in [0, 0.1) is 0 Å². The predicted molar refractivity (Wildman–Crippen MR) is 67.9 cm³/mol. The first-order chi connectivity index (χ1) is 7.63. The molecule has 0 aromatic heterocycles. The fourth-order valence-corrected chi connectivity index (χ4v) is 2.53. The summed E-state index contributed by atoms with van der Waals surface area (Å²) in [5.41, 5.74) is 6.76. The largest absolute Gasteiger partial charge is 0.399 e. The lowest BCUT2D eigenvalue weighted by atomic mass is 10.2. The normalized spacial score (nSPS) is 14.8. The van der Waals surface area contributed by atoms with E-state index in [9.17, 15) is 9.59 Å². The highest BCUT2D eigenvalue weighted by atomic mass is 32.2. The summed E-state index contributed by atoms with van der Waals surface area (Å²) in [4.78, 5) is 25.4. The molecule has 0 aliphatic carbocycles. The lowest BCUT2D eigenvalue weighted by molar-refractivity contribution is -0.123. The molecule has 0 saturated carbocycles. The van der Waals surface area contributed by atoms with Crippen LogP contribution in [0.5, 0.6) is 0 Å². The Morgan fingerprint density at radius 1 is 1.56 bits per heavy atom. The van der Waals surface area contributed by atoms with Gasteiger partial charge in [-0.2, -0.15) is 12.6 Å². The van der Waals surface area contributed by atoms with Crippen LogP contribution in [0.4, 0.5) is 11.4 Å². The number of nitrogen functional groups attached to an aromatic ring is 1. The first-order valence-electron chi connectivity index (χ1n) is 4.62. The molecule has 1 heterocycles. The van der Waals surface area contributed by atoms with Gasteiger partial charge >= 0.3 is 0 Å². The van der Waals surface area contributed by atoms with Gasteiger partial charge in [-0.1, -0.05) is 0 Å². The van der Waals surface area contributed by atoms with Gasteiger partial charge in [-0.15, -0.1) is 11.8 Å². The molecule has 0 spiro atoms. The van der Waals surface area contributed by atoms with Crippen molar-refractivity contribution < 1.29 is 9.59 Å². The van der Waals surface area contributed by atoms with E-state index >= 15 is 0 Å². The lowest BCUT2D eigenvalue weighted by Crippen LogP contribution is -2.41. The Morgan fingerprint density at radius 2 is 2.31 bits per heavy atom. The second-order valence-corrected chi connectivity index (χ2v) is 4.63. The van der Waals surface area contributed by atoms with Crippen LogP contribution in [-0.4, -0.2) is 23.3 Å². The zero-order valence-corrected chi connectivity index (χ0v) is 10.1. The van der Waals surface area contributed by atoms with Crippen molar-refractivity contribution in [3.05, 3.63) is 18.2 Å². The summed E-state index contributed by atoms with van der Waals surface area (Å²) in [7, 11) is 0. The second kappa shape index (κ2) is 4.39. The third kappa shape index (κ3) is 1.90. The minimum Gasteiger partial charge on any atom is -0.399 e. The van der Waals surface area contributed by atoms with E-state index in [0.717, 1.165) is 9.80 Å². The van der Waals surface area contributed by atoms with Crippen LogP contribution in [0.3, 0.4) is 0 Å². The van der Waals surface area contributed by atoms with Crippen molar-refractivity contribution in [2.45, 2.75) is 4.90 Å². The molecule has 84 valence electrons. The number of nitrogens with two attached hydrogens (primary N) is 1. The van der Waals surface area contributed by atoms with E-state index in [-0.39, 0.29) is 23.3 Å². The number of thiol groups is 1. The van der Waals surface area contributed by atoms with Gasteiger partial charge < -0.3 is 5.73 Å². The number of hydrogen-bond donors (Lipinski definition) is 2. The molecule has 0 bridgehead atoms. The number of anilines is 2. The molecule has 1 aromatic carbocycles. The van der Waals surface area contributed by atoms with Crippen molar-refractivity contribution in [1.82, 2.24) is 0 Å². The van der Waals surface area contributed by atoms with E-state index in [0.29, 0.717) is 11.4 Å². The van der Waals surface area contributed by atoms with E-state index in [2.05, 4.69) is 12.6 Å². The molecule has 0 fully saturated rings. The van der Waals surface area contributed by atoms with Gasteiger partial charge in [0.1, 0.15) is 0 Å². The van der Waals surface area contributed by atoms with Crippen LogP contribution in [0.15, 0.2) is 23.1 Å². The average molecular weight is 254 g/mol. The Bertz CT molecular complexity index is 462. The van der Waals surface area contributed by atoms with E-state index in [1.807, 2.05) is 6.07 Å². The third-order valence-corrected chi connectivity index (χ3v) is 3.53. The molecule has 6 heteroatoms. The molecular weight excluding hydrogens is 244 g/mol. The monoisotopic (exact) mass is 254 g/mol. The van der Waals surface area contributed by atoms with Gasteiger partial charge in [-0.05, 0) is 18.2 Å². The van der Waals surface area contributed by atoms with Crippen LogP contribution >= 0.6 is 24.4 Å². The van der Waals surface area contributed by atoms with Gasteiger partial charge in [-0.3, -0.25) is 9.59 Å². The summed E-state index contributed by atoms with van der Waals surface area (Å²) in [5, 5.41) is 0. The Balaban J connectivity index is 2.50. The Morgan fingerprint density at radius 3 is 3.00 bits per heavy atom. The minimum atomic E-state index is -0.319. The molecule has 0 unspecified atom stereocenters. The topological polar surface area (TPSA) is 63.4 Å². The molecule has 4 nitrogen and oxygen atoms in total. The van der Waals surface area contributed by atoms with E-state index in [4.69, 9.17) is 5.73 Å². The van der Waals surface area contributed by atoms with E-state index < -0.39 is 0 Å². The fourth-order valence-electron chi connectivity index (χ4n) is 1.51. The van der Waals surface area contributed by atoms with Crippen LogP contribution in [0.2, 0.25) is 0 Å². The predicted octanol–water partition coefficient (Wildman–Crippen LogP) is 1.16.